The summed E-state index contributed by atoms with van der Waals surface area (Å²) in [5.41, 5.74) is 8.55. The minimum Gasteiger partial charge on any atom is -0.468 e. The van der Waals surface area contributed by atoms with Gasteiger partial charge in [0.25, 0.3) is 0 Å². The summed E-state index contributed by atoms with van der Waals surface area (Å²) >= 11 is 1.70. The molecule has 0 aliphatic heterocycles. The fraction of sp³-hybridized carbons (Fsp3) is 0.688. The van der Waals surface area contributed by atoms with Gasteiger partial charge in [-0.3, -0.25) is 4.79 Å². The standard InChI is InChI=1S/C16H29NO2S/c1-6-8-15(13(4)10-7-9-12(2)3)20-11-14(17)16(18)19-5/h9,14H,6-8,10-11,17H2,1-5H3/b15-13+. The number of carbonyl (C=O) groups is 1. The predicted octanol–water partition coefficient (Wildman–Crippen LogP) is 4.04. The molecule has 0 aromatic heterocycles. The lowest BCUT2D eigenvalue weighted by Gasteiger charge is -2.13. The number of carbonyl (C=O) groups excluding carboxylic acids is 1. The molecule has 0 aromatic rings. The molecule has 0 radical (unpaired) electrons. The minimum atomic E-state index is -0.539. The summed E-state index contributed by atoms with van der Waals surface area (Å²) < 4.78 is 4.65. The zero-order valence-corrected chi connectivity index (χ0v) is 14.3. The number of methoxy groups -OCH3 is 1. The lowest BCUT2D eigenvalue weighted by atomic mass is 10.1. The molecule has 0 aromatic carbocycles. The van der Waals surface area contributed by atoms with E-state index in [1.54, 1.807) is 11.8 Å². The second-order valence-corrected chi connectivity index (χ2v) is 6.33. The second kappa shape index (κ2) is 11.0. The third-order valence-corrected chi connectivity index (χ3v) is 4.39. The highest BCUT2D eigenvalue weighted by atomic mass is 32.2. The molecule has 0 spiro atoms. The van der Waals surface area contributed by atoms with Gasteiger partial charge in [-0.1, -0.05) is 30.6 Å². The monoisotopic (exact) mass is 299 g/mol. The van der Waals surface area contributed by atoms with Gasteiger partial charge in [0.15, 0.2) is 0 Å². The summed E-state index contributed by atoms with van der Waals surface area (Å²) in [7, 11) is 1.38. The van der Waals surface area contributed by atoms with Crippen LogP contribution in [0.1, 0.15) is 53.4 Å². The average Bonchev–Trinajstić information content (AvgIpc) is 2.41. The number of rotatable bonds is 9. The summed E-state index contributed by atoms with van der Waals surface area (Å²) in [6, 6.07) is -0.539. The first kappa shape index (κ1) is 19.3. The highest BCUT2D eigenvalue weighted by Crippen LogP contribution is 2.27. The highest BCUT2D eigenvalue weighted by molar-refractivity contribution is 8.03. The molecular weight excluding hydrogens is 270 g/mol. The first-order valence-corrected chi connectivity index (χ1v) is 8.19. The lowest BCUT2D eigenvalue weighted by Crippen LogP contribution is -2.33. The van der Waals surface area contributed by atoms with E-state index >= 15 is 0 Å². The van der Waals surface area contributed by atoms with Crippen LogP contribution in [-0.2, 0) is 9.53 Å². The zero-order valence-electron chi connectivity index (χ0n) is 13.5. The van der Waals surface area contributed by atoms with Gasteiger partial charge in [0, 0.05) is 5.75 Å². The van der Waals surface area contributed by atoms with E-state index in [0.717, 1.165) is 25.7 Å². The number of allylic oxidation sites excluding steroid dienone is 4. The summed E-state index contributed by atoms with van der Waals surface area (Å²) in [6.07, 6.45) is 6.57. The summed E-state index contributed by atoms with van der Waals surface area (Å²) in [4.78, 5) is 12.7. The van der Waals surface area contributed by atoms with Crippen LogP contribution < -0.4 is 5.73 Å². The maximum atomic E-state index is 11.3. The van der Waals surface area contributed by atoms with E-state index in [-0.39, 0.29) is 5.97 Å². The van der Waals surface area contributed by atoms with Crippen LogP contribution in [-0.4, -0.2) is 24.9 Å². The van der Waals surface area contributed by atoms with Crippen molar-refractivity contribution >= 4 is 17.7 Å². The van der Waals surface area contributed by atoms with Crippen molar-refractivity contribution in [2.45, 2.75) is 59.4 Å². The van der Waals surface area contributed by atoms with Crippen LogP contribution in [0.5, 0.6) is 0 Å². The zero-order chi connectivity index (χ0) is 15.5. The smallest absolute Gasteiger partial charge is 0.323 e. The van der Waals surface area contributed by atoms with Crippen molar-refractivity contribution in [3.8, 4) is 0 Å². The Kier molecular flexibility index (Phi) is 10.6. The molecule has 1 unspecified atom stereocenters. The van der Waals surface area contributed by atoms with E-state index in [1.165, 1.54) is 23.2 Å². The molecule has 0 aliphatic rings. The fourth-order valence-electron chi connectivity index (χ4n) is 1.76. The molecule has 4 heteroatoms. The van der Waals surface area contributed by atoms with E-state index in [1.807, 2.05) is 0 Å². The van der Waals surface area contributed by atoms with Crippen molar-refractivity contribution in [1.29, 1.82) is 0 Å². The maximum absolute atomic E-state index is 11.3. The fourth-order valence-corrected chi connectivity index (χ4v) is 2.98. The van der Waals surface area contributed by atoms with Crippen LogP contribution in [0.15, 0.2) is 22.1 Å². The van der Waals surface area contributed by atoms with Crippen molar-refractivity contribution in [2.24, 2.45) is 5.73 Å². The third-order valence-electron chi connectivity index (χ3n) is 2.97. The quantitative estimate of drug-likeness (QED) is 0.515. The molecule has 0 amide bonds. The van der Waals surface area contributed by atoms with Crippen molar-refractivity contribution in [2.75, 3.05) is 12.9 Å². The van der Waals surface area contributed by atoms with Crippen LogP contribution in [0.25, 0.3) is 0 Å². The highest BCUT2D eigenvalue weighted by Gasteiger charge is 2.15. The van der Waals surface area contributed by atoms with Gasteiger partial charge in [0.1, 0.15) is 6.04 Å². The molecule has 1 atom stereocenters. The van der Waals surface area contributed by atoms with Crippen molar-refractivity contribution < 1.29 is 9.53 Å². The predicted molar refractivity (Wildman–Crippen MR) is 88.7 cm³/mol. The summed E-state index contributed by atoms with van der Waals surface area (Å²) in [5, 5.41) is 0. The van der Waals surface area contributed by atoms with E-state index in [0.29, 0.717) is 5.75 Å². The van der Waals surface area contributed by atoms with Gasteiger partial charge in [-0.05, 0) is 44.9 Å². The molecule has 0 rings (SSSR count). The van der Waals surface area contributed by atoms with Crippen LogP contribution >= 0.6 is 11.8 Å². The van der Waals surface area contributed by atoms with Gasteiger partial charge in [0.2, 0.25) is 0 Å². The van der Waals surface area contributed by atoms with Crippen molar-refractivity contribution in [1.82, 2.24) is 0 Å². The molecule has 2 N–H and O–H groups in total. The largest absolute Gasteiger partial charge is 0.468 e. The van der Waals surface area contributed by atoms with E-state index in [9.17, 15) is 4.79 Å². The normalized spacial score (nSPS) is 13.5. The molecule has 0 bridgehead atoms. The Labute approximate surface area is 128 Å². The lowest BCUT2D eigenvalue weighted by molar-refractivity contribution is -0.141. The van der Waals surface area contributed by atoms with Gasteiger partial charge >= 0.3 is 5.97 Å². The third kappa shape index (κ3) is 8.43. The average molecular weight is 299 g/mol. The molecule has 0 saturated carbocycles. The Morgan fingerprint density at radius 2 is 1.95 bits per heavy atom. The molecule has 0 heterocycles. The van der Waals surface area contributed by atoms with Gasteiger partial charge in [0.05, 0.1) is 7.11 Å². The van der Waals surface area contributed by atoms with Gasteiger partial charge < -0.3 is 10.5 Å². The van der Waals surface area contributed by atoms with Gasteiger partial charge in [-0.2, -0.15) is 0 Å². The molecule has 3 nitrogen and oxygen atoms in total. The molecular formula is C16H29NO2S. The van der Waals surface area contributed by atoms with Crippen LogP contribution in [0, 0.1) is 0 Å². The van der Waals surface area contributed by atoms with Gasteiger partial charge in [-0.15, -0.1) is 11.8 Å². The Morgan fingerprint density at radius 1 is 1.30 bits per heavy atom. The first-order chi connectivity index (χ1) is 9.42. The number of thioether (sulfide) groups is 1. The van der Waals surface area contributed by atoms with Gasteiger partial charge in [-0.25, -0.2) is 0 Å². The summed E-state index contributed by atoms with van der Waals surface area (Å²) in [5.74, 6) is 0.248. The number of esters is 1. The number of hydrogen-bond acceptors (Lipinski definition) is 4. The van der Waals surface area contributed by atoms with Crippen LogP contribution in [0.2, 0.25) is 0 Å². The Bertz CT molecular complexity index is 357. The van der Waals surface area contributed by atoms with E-state index in [4.69, 9.17) is 5.73 Å². The first-order valence-electron chi connectivity index (χ1n) is 7.20. The van der Waals surface area contributed by atoms with Crippen molar-refractivity contribution in [3.05, 3.63) is 22.1 Å². The SMILES string of the molecule is CCC/C(SCC(N)C(=O)OC)=C(/C)CCC=C(C)C. The molecule has 0 fully saturated rings. The van der Waals surface area contributed by atoms with E-state index < -0.39 is 6.04 Å². The second-order valence-electron chi connectivity index (χ2n) is 5.21. The molecule has 116 valence electrons. The number of hydrogen-bond donors (Lipinski definition) is 1. The Hall–Kier alpha value is -0.740. The van der Waals surface area contributed by atoms with Crippen LogP contribution in [0.3, 0.4) is 0 Å². The minimum absolute atomic E-state index is 0.337. The van der Waals surface area contributed by atoms with Crippen molar-refractivity contribution in [3.63, 3.8) is 0 Å². The Balaban J connectivity index is 4.52. The Morgan fingerprint density at radius 3 is 2.45 bits per heavy atom. The van der Waals surface area contributed by atoms with E-state index in [2.05, 4.69) is 38.5 Å². The summed E-state index contributed by atoms with van der Waals surface area (Å²) in [6.45, 7) is 8.59. The maximum Gasteiger partial charge on any atom is 0.323 e. The molecule has 20 heavy (non-hydrogen) atoms. The molecule has 0 aliphatic carbocycles. The number of nitrogens with two attached hydrogens (primary N) is 1. The molecule has 0 saturated heterocycles. The topological polar surface area (TPSA) is 52.3 Å². The number of ether oxygens (including phenoxy) is 1. The van der Waals surface area contributed by atoms with Crippen LogP contribution in [0.4, 0.5) is 0 Å².